The van der Waals surface area contributed by atoms with E-state index in [1.807, 2.05) is 13.0 Å². The summed E-state index contributed by atoms with van der Waals surface area (Å²) in [6.07, 6.45) is 0. The van der Waals surface area contributed by atoms with Gasteiger partial charge in [0.05, 0.1) is 24.3 Å². The topological polar surface area (TPSA) is 89.2 Å². The van der Waals surface area contributed by atoms with Crippen molar-refractivity contribution in [3.8, 4) is 11.5 Å². The van der Waals surface area contributed by atoms with E-state index in [-0.39, 0.29) is 22.7 Å². The van der Waals surface area contributed by atoms with Crippen LogP contribution in [0.1, 0.15) is 35.6 Å². The maximum Gasteiger partial charge on any atom is 0.296 e. The number of nitrogens with zero attached hydrogens (tertiary/aromatic N) is 1. The van der Waals surface area contributed by atoms with Gasteiger partial charge in [-0.15, -0.1) is 0 Å². The lowest BCUT2D eigenvalue weighted by atomic mass is 9.99. The van der Waals surface area contributed by atoms with E-state index in [0.717, 1.165) is 5.56 Å². The van der Waals surface area contributed by atoms with Gasteiger partial charge in [0.25, 0.3) is 11.7 Å². The van der Waals surface area contributed by atoms with Crippen molar-refractivity contribution in [2.75, 3.05) is 13.7 Å². The number of benzene rings is 2. The van der Waals surface area contributed by atoms with Crippen LogP contribution in [-0.2, 0) is 16.1 Å². The van der Waals surface area contributed by atoms with E-state index >= 15 is 0 Å². The zero-order chi connectivity index (χ0) is 24.4. The summed E-state index contributed by atoms with van der Waals surface area (Å²) >= 11 is 6.35. The number of hydrogen-bond acceptors (Lipinski definition) is 6. The standard InChI is InChI=1S/C26H24ClNO6/c1-4-33-18-9-10-20(27)19(13-18)24(29)22-23(21-11-8-15(2)34-21)28(26(31)25(22)30)14-16-6-5-7-17(12-16)32-3/h5-13,23,29H,4,14H2,1-3H3/b24-22+. The largest absolute Gasteiger partial charge is 0.507 e. The highest BCUT2D eigenvalue weighted by Gasteiger charge is 2.47. The van der Waals surface area contributed by atoms with Crippen LogP contribution >= 0.6 is 11.6 Å². The van der Waals surface area contributed by atoms with Gasteiger partial charge in [-0.05, 0) is 61.9 Å². The first-order chi connectivity index (χ1) is 16.3. The molecule has 1 amide bonds. The Morgan fingerprint density at radius 3 is 2.59 bits per heavy atom. The molecule has 1 N–H and O–H groups in total. The second-order valence-electron chi connectivity index (χ2n) is 7.80. The number of methoxy groups -OCH3 is 1. The van der Waals surface area contributed by atoms with Crippen LogP contribution in [0.2, 0.25) is 5.02 Å². The molecule has 1 fully saturated rings. The lowest BCUT2D eigenvalue weighted by molar-refractivity contribution is -0.140. The van der Waals surface area contributed by atoms with Crippen LogP contribution in [-0.4, -0.2) is 35.4 Å². The van der Waals surface area contributed by atoms with Crippen LogP contribution in [0.5, 0.6) is 11.5 Å². The number of hydrogen-bond donors (Lipinski definition) is 1. The lowest BCUT2D eigenvalue weighted by Gasteiger charge is -2.23. The van der Waals surface area contributed by atoms with Gasteiger partial charge in [0.15, 0.2) is 0 Å². The molecule has 176 valence electrons. The van der Waals surface area contributed by atoms with Crippen molar-refractivity contribution in [2.45, 2.75) is 26.4 Å². The number of Topliss-reactive ketones (excluding diaryl/α,β-unsaturated/α-hetero) is 1. The predicted molar refractivity (Wildman–Crippen MR) is 127 cm³/mol. The summed E-state index contributed by atoms with van der Waals surface area (Å²) in [5.74, 6) is 0.106. The van der Waals surface area contributed by atoms with Gasteiger partial charge in [-0.25, -0.2) is 0 Å². The minimum atomic E-state index is -0.938. The molecule has 1 aliphatic rings. The number of aliphatic hydroxyl groups excluding tert-OH is 1. The number of carbonyl (C=O) groups is 2. The smallest absolute Gasteiger partial charge is 0.296 e. The Labute approximate surface area is 202 Å². The molecule has 7 nitrogen and oxygen atoms in total. The Balaban J connectivity index is 1.85. The van der Waals surface area contributed by atoms with Gasteiger partial charge in [0.2, 0.25) is 0 Å². The van der Waals surface area contributed by atoms with Gasteiger partial charge in [0, 0.05) is 12.1 Å². The average molecular weight is 482 g/mol. The zero-order valence-electron chi connectivity index (χ0n) is 19.0. The van der Waals surface area contributed by atoms with Crippen molar-refractivity contribution >= 4 is 29.1 Å². The number of rotatable bonds is 7. The van der Waals surface area contributed by atoms with Crippen LogP contribution in [0.3, 0.4) is 0 Å². The van der Waals surface area contributed by atoms with Crippen LogP contribution in [0.25, 0.3) is 5.76 Å². The molecule has 0 spiro atoms. The summed E-state index contributed by atoms with van der Waals surface area (Å²) in [6.45, 7) is 4.12. The SMILES string of the molecule is CCOc1ccc(Cl)c(/C(O)=C2\C(=O)C(=O)N(Cc3cccc(OC)c3)C2c2ccc(C)o2)c1. The molecule has 0 aliphatic carbocycles. The molecule has 4 rings (SSSR count). The molecule has 2 aromatic carbocycles. The molecule has 3 aromatic rings. The van der Waals surface area contributed by atoms with Crippen molar-refractivity contribution in [1.29, 1.82) is 0 Å². The number of halogens is 1. The fourth-order valence-corrected chi connectivity index (χ4v) is 4.20. The van der Waals surface area contributed by atoms with Crippen molar-refractivity contribution in [2.24, 2.45) is 0 Å². The molecule has 2 heterocycles. The van der Waals surface area contributed by atoms with Crippen molar-refractivity contribution in [3.63, 3.8) is 0 Å². The fraction of sp³-hybridized carbons (Fsp3) is 0.231. The van der Waals surface area contributed by atoms with Crippen LogP contribution in [0, 0.1) is 6.92 Å². The van der Waals surface area contributed by atoms with Gasteiger partial charge >= 0.3 is 0 Å². The summed E-state index contributed by atoms with van der Waals surface area (Å²) in [5, 5.41) is 11.5. The molecule has 0 bridgehead atoms. The Bertz CT molecular complexity index is 1280. The molecule has 0 saturated carbocycles. The van der Waals surface area contributed by atoms with E-state index in [9.17, 15) is 14.7 Å². The maximum atomic E-state index is 13.2. The van der Waals surface area contributed by atoms with Crippen LogP contribution in [0.15, 0.2) is 64.6 Å². The molecule has 0 radical (unpaired) electrons. The maximum absolute atomic E-state index is 13.2. The van der Waals surface area contributed by atoms with E-state index in [0.29, 0.717) is 29.6 Å². The normalized spacial score (nSPS) is 17.3. The molecule has 8 heteroatoms. The van der Waals surface area contributed by atoms with Gasteiger partial charge in [-0.3, -0.25) is 9.59 Å². The highest BCUT2D eigenvalue weighted by molar-refractivity contribution is 6.46. The molecular weight excluding hydrogens is 458 g/mol. The Hall–Kier alpha value is -3.71. The third kappa shape index (κ3) is 4.39. The summed E-state index contributed by atoms with van der Waals surface area (Å²) in [7, 11) is 1.55. The van der Waals surface area contributed by atoms with Gasteiger partial charge in [-0.2, -0.15) is 0 Å². The van der Waals surface area contributed by atoms with Gasteiger partial charge in [-0.1, -0.05) is 23.7 Å². The van der Waals surface area contributed by atoms with Gasteiger partial charge in [0.1, 0.15) is 34.8 Å². The summed E-state index contributed by atoms with van der Waals surface area (Å²) in [5.41, 5.74) is 0.851. The molecule has 34 heavy (non-hydrogen) atoms. The van der Waals surface area contributed by atoms with Gasteiger partial charge < -0.3 is 23.9 Å². The van der Waals surface area contributed by atoms with Crippen molar-refractivity contribution in [3.05, 3.63) is 87.8 Å². The minimum absolute atomic E-state index is 0.0993. The van der Waals surface area contributed by atoms with E-state index in [4.69, 9.17) is 25.5 Å². The zero-order valence-corrected chi connectivity index (χ0v) is 19.8. The van der Waals surface area contributed by atoms with Crippen LogP contribution < -0.4 is 9.47 Å². The Kier molecular flexibility index (Phi) is 6.65. The molecule has 1 atom stereocenters. The quantitative estimate of drug-likeness (QED) is 0.281. The monoisotopic (exact) mass is 481 g/mol. The van der Waals surface area contributed by atoms with Crippen molar-refractivity contribution < 1.29 is 28.6 Å². The molecule has 1 unspecified atom stereocenters. The van der Waals surface area contributed by atoms with E-state index in [1.165, 1.54) is 4.90 Å². The number of ether oxygens (including phenoxy) is 2. The summed E-state index contributed by atoms with van der Waals surface area (Å²) in [6, 6.07) is 14.5. The molecule has 1 aromatic heterocycles. The first kappa shape index (κ1) is 23.4. The number of carbonyl (C=O) groups excluding carboxylic acids is 2. The second kappa shape index (κ2) is 9.65. The van der Waals surface area contributed by atoms with Crippen LogP contribution in [0.4, 0.5) is 0 Å². The molecule has 1 aliphatic heterocycles. The van der Waals surface area contributed by atoms with E-state index in [2.05, 4.69) is 0 Å². The predicted octanol–water partition coefficient (Wildman–Crippen LogP) is 5.27. The highest BCUT2D eigenvalue weighted by Crippen LogP contribution is 2.42. The first-order valence-corrected chi connectivity index (χ1v) is 11.1. The summed E-state index contributed by atoms with van der Waals surface area (Å²) in [4.78, 5) is 27.7. The fourth-order valence-electron chi connectivity index (χ4n) is 3.99. The average Bonchev–Trinajstić information content (AvgIpc) is 3.36. The molecular formula is C26H24ClNO6. The number of likely N-dealkylation sites (tertiary alicyclic amines) is 1. The number of ketones is 1. The number of furan rings is 1. The Morgan fingerprint density at radius 1 is 1.12 bits per heavy atom. The van der Waals surface area contributed by atoms with Crippen molar-refractivity contribution in [1.82, 2.24) is 4.90 Å². The first-order valence-electron chi connectivity index (χ1n) is 10.7. The van der Waals surface area contributed by atoms with E-state index < -0.39 is 23.5 Å². The minimum Gasteiger partial charge on any atom is -0.507 e. The number of aryl methyl sites for hydroxylation is 1. The number of aliphatic hydroxyl groups is 1. The second-order valence-corrected chi connectivity index (χ2v) is 8.21. The molecule has 1 saturated heterocycles. The van der Waals surface area contributed by atoms with E-state index in [1.54, 1.807) is 62.6 Å². The lowest BCUT2D eigenvalue weighted by Crippen LogP contribution is -2.29. The third-order valence-electron chi connectivity index (χ3n) is 5.56. The Morgan fingerprint density at radius 2 is 1.91 bits per heavy atom. The summed E-state index contributed by atoms with van der Waals surface area (Å²) < 4.78 is 16.6. The number of amides is 1. The highest BCUT2D eigenvalue weighted by atomic mass is 35.5. The third-order valence-corrected chi connectivity index (χ3v) is 5.89.